The third kappa shape index (κ3) is 3.24. The van der Waals surface area contributed by atoms with E-state index in [0.717, 1.165) is 32.1 Å². The van der Waals surface area contributed by atoms with E-state index in [1.807, 2.05) is 12.2 Å². The van der Waals surface area contributed by atoms with Crippen LogP contribution in [-0.2, 0) is 4.79 Å². The zero-order chi connectivity index (χ0) is 13.0. The first kappa shape index (κ1) is 12.9. The van der Waals surface area contributed by atoms with Gasteiger partial charge in [-0.15, -0.1) is 0 Å². The fraction of sp³-hybridized carbons (Fsp3) is 0.692. The Kier molecular flexibility index (Phi) is 4.23. The Hall–Kier alpha value is -1.52. The van der Waals surface area contributed by atoms with E-state index in [9.17, 15) is 9.59 Å². The number of hydrogen-bond donors (Lipinski definition) is 3. The maximum Gasteiger partial charge on any atom is 0.315 e. The van der Waals surface area contributed by atoms with E-state index in [1.165, 1.54) is 0 Å². The Morgan fingerprint density at radius 2 is 1.72 bits per heavy atom. The molecule has 0 spiro atoms. The van der Waals surface area contributed by atoms with Crippen LogP contribution in [0, 0.1) is 5.92 Å². The summed E-state index contributed by atoms with van der Waals surface area (Å²) in [6, 6.07) is -0.302. The summed E-state index contributed by atoms with van der Waals surface area (Å²) in [5.41, 5.74) is 0. The van der Waals surface area contributed by atoms with Crippen molar-refractivity contribution in [3.63, 3.8) is 0 Å². The predicted molar refractivity (Wildman–Crippen MR) is 67.2 cm³/mol. The molecular formula is C13H20N2O3. The van der Waals surface area contributed by atoms with Crippen molar-refractivity contribution in [1.82, 2.24) is 10.6 Å². The number of carbonyl (C=O) groups excluding carboxylic acids is 1. The van der Waals surface area contributed by atoms with E-state index in [4.69, 9.17) is 5.11 Å². The summed E-state index contributed by atoms with van der Waals surface area (Å²) >= 11 is 0. The summed E-state index contributed by atoms with van der Waals surface area (Å²) in [5, 5.41) is 14.8. The van der Waals surface area contributed by atoms with Crippen LogP contribution in [0.4, 0.5) is 4.79 Å². The molecule has 2 rings (SSSR count). The fourth-order valence-electron chi connectivity index (χ4n) is 2.73. The minimum Gasteiger partial charge on any atom is -0.481 e. The first-order valence-corrected chi connectivity index (χ1v) is 6.61. The largest absolute Gasteiger partial charge is 0.481 e. The lowest BCUT2D eigenvalue weighted by atomic mass is 9.84. The van der Waals surface area contributed by atoms with Crippen molar-refractivity contribution in [1.29, 1.82) is 0 Å². The third-order valence-electron chi connectivity index (χ3n) is 3.74. The monoisotopic (exact) mass is 252 g/mol. The highest BCUT2D eigenvalue weighted by atomic mass is 16.4. The highest BCUT2D eigenvalue weighted by molar-refractivity contribution is 5.77. The van der Waals surface area contributed by atoms with Crippen LogP contribution >= 0.6 is 0 Å². The molecule has 5 heteroatoms. The van der Waals surface area contributed by atoms with Crippen LogP contribution in [0.3, 0.4) is 0 Å². The highest BCUT2D eigenvalue weighted by Gasteiger charge is 2.32. The summed E-state index contributed by atoms with van der Waals surface area (Å²) < 4.78 is 0. The lowest BCUT2D eigenvalue weighted by Gasteiger charge is -2.29. The van der Waals surface area contributed by atoms with Gasteiger partial charge in [-0.1, -0.05) is 25.0 Å². The number of amides is 2. The fourth-order valence-corrected chi connectivity index (χ4v) is 2.73. The minimum absolute atomic E-state index is 0.164. The number of carboxylic acids is 1. The molecule has 100 valence electrons. The normalized spacial score (nSPS) is 28.0. The number of hydrogen-bond acceptors (Lipinski definition) is 2. The average Bonchev–Trinajstić information content (AvgIpc) is 2.82. The SMILES string of the molecule is O=C(NC1CC=CC1)NC1CCCCC1C(=O)O. The van der Waals surface area contributed by atoms with Gasteiger partial charge < -0.3 is 15.7 Å². The molecule has 1 fully saturated rings. The second kappa shape index (κ2) is 5.89. The van der Waals surface area contributed by atoms with Gasteiger partial charge in [0.15, 0.2) is 0 Å². The van der Waals surface area contributed by atoms with Gasteiger partial charge in [0.25, 0.3) is 0 Å². The molecule has 2 aliphatic carbocycles. The van der Waals surface area contributed by atoms with Crippen molar-refractivity contribution in [2.24, 2.45) is 5.92 Å². The number of urea groups is 1. The van der Waals surface area contributed by atoms with Crippen molar-refractivity contribution in [3.8, 4) is 0 Å². The van der Waals surface area contributed by atoms with E-state index in [0.29, 0.717) is 6.42 Å². The van der Waals surface area contributed by atoms with Crippen molar-refractivity contribution in [3.05, 3.63) is 12.2 Å². The van der Waals surface area contributed by atoms with Gasteiger partial charge in [-0.2, -0.15) is 0 Å². The van der Waals surface area contributed by atoms with Crippen molar-refractivity contribution in [2.75, 3.05) is 0 Å². The Bertz CT molecular complexity index is 346. The molecule has 2 aliphatic rings. The summed E-state index contributed by atoms with van der Waals surface area (Å²) in [4.78, 5) is 22.9. The van der Waals surface area contributed by atoms with Crippen molar-refractivity contribution < 1.29 is 14.7 Å². The van der Waals surface area contributed by atoms with Gasteiger partial charge in [-0.3, -0.25) is 4.79 Å². The molecule has 1 saturated carbocycles. The molecule has 2 amide bonds. The van der Waals surface area contributed by atoms with Crippen LogP contribution in [0.1, 0.15) is 38.5 Å². The van der Waals surface area contributed by atoms with Crippen molar-refractivity contribution in [2.45, 2.75) is 50.6 Å². The van der Waals surface area contributed by atoms with Gasteiger partial charge in [-0.05, 0) is 25.7 Å². The van der Waals surface area contributed by atoms with E-state index in [-0.39, 0.29) is 18.1 Å². The van der Waals surface area contributed by atoms with E-state index < -0.39 is 11.9 Å². The first-order valence-electron chi connectivity index (χ1n) is 6.61. The zero-order valence-electron chi connectivity index (χ0n) is 10.4. The highest BCUT2D eigenvalue weighted by Crippen LogP contribution is 2.24. The van der Waals surface area contributed by atoms with Crippen LogP contribution in [0.25, 0.3) is 0 Å². The second-order valence-corrected chi connectivity index (χ2v) is 5.09. The number of carboxylic acid groups (broad SMARTS) is 1. The van der Waals surface area contributed by atoms with Gasteiger partial charge in [-0.25, -0.2) is 4.79 Å². The number of rotatable bonds is 3. The molecule has 0 aromatic rings. The summed E-state index contributed by atoms with van der Waals surface area (Å²) in [6.07, 6.45) is 9.15. The first-order chi connectivity index (χ1) is 8.66. The topological polar surface area (TPSA) is 78.4 Å². The molecule has 0 aromatic heterocycles. The average molecular weight is 252 g/mol. The minimum atomic E-state index is -0.803. The molecule has 0 heterocycles. The standard InChI is InChI=1S/C13H20N2O3/c16-12(17)10-7-3-4-8-11(10)15-13(18)14-9-5-1-2-6-9/h1-2,9-11H,3-8H2,(H,16,17)(H2,14,15,18). The summed E-state index contributed by atoms with van der Waals surface area (Å²) in [6.45, 7) is 0. The number of nitrogens with one attached hydrogen (secondary N) is 2. The predicted octanol–water partition coefficient (Wildman–Crippen LogP) is 1.65. The molecule has 2 unspecified atom stereocenters. The maximum atomic E-state index is 11.8. The molecule has 2 atom stereocenters. The second-order valence-electron chi connectivity index (χ2n) is 5.09. The molecule has 5 nitrogen and oxygen atoms in total. The Morgan fingerprint density at radius 3 is 2.39 bits per heavy atom. The Balaban J connectivity index is 1.82. The van der Waals surface area contributed by atoms with E-state index >= 15 is 0 Å². The van der Waals surface area contributed by atoms with Crippen LogP contribution in [0.2, 0.25) is 0 Å². The maximum absolute atomic E-state index is 11.8. The molecule has 0 aromatic carbocycles. The van der Waals surface area contributed by atoms with Gasteiger partial charge in [0.2, 0.25) is 0 Å². The molecule has 0 radical (unpaired) electrons. The lowest BCUT2D eigenvalue weighted by molar-refractivity contribution is -0.143. The molecule has 0 saturated heterocycles. The van der Waals surface area contributed by atoms with E-state index in [2.05, 4.69) is 10.6 Å². The number of carbonyl (C=O) groups is 2. The molecule has 18 heavy (non-hydrogen) atoms. The third-order valence-corrected chi connectivity index (χ3v) is 3.74. The van der Waals surface area contributed by atoms with Crippen molar-refractivity contribution >= 4 is 12.0 Å². The van der Waals surface area contributed by atoms with E-state index in [1.54, 1.807) is 0 Å². The van der Waals surface area contributed by atoms with Gasteiger partial charge in [0.1, 0.15) is 0 Å². The molecule has 0 aliphatic heterocycles. The zero-order valence-corrected chi connectivity index (χ0v) is 10.4. The summed E-state index contributed by atoms with van der Waals surface area (Å²) in [7, 11) is 0. The van der Waals surface area contributed by atoms with Gasteiger partial charge in [0, 0.05) is 12.1 Å². The van der Waals surface area contributed by atoms with Crippen LogP contribution in [-0.4, -0.2) is 29.2 Å². The van der Waals surface area contributed by atoms with Gasteiger partial charge >= 0.3 is 12.0 Å². The van der Waals surface area contributed by atoms with Crippen LogP contribution < -0.4 is 10.6 Å². The molecule has 3 N–H and O–H groups in total. The molecular weight excluding hydrogens is 232 g/mol. The Morgan fingerprint density at radius 1 is 1.06 bits per heavy atom. The lowest BCUT2D eigenvalue weighted by Crippen LogP contribution is -2.50. The van der Waals surface area contributed by atoms with Gasteiger partial charge in [0.05, 0.1) is 5.92 Å². The summed E-state index contributed by atoms with van der Waals surface area (Å²) in [5.74, 6) is -1.24. The van der Waals surface area contributed by atoms with Crippen LogP contribution in [0.15, 0.2) is 12.2 Å². The Labute approximate surface area is 107 Å². The molecule has 0 bridgehead atoms. The smallest absolute Gasteiger partial charge is 0.315 e. The van der Waals surface area contributed by atoms with Crippen LogP contribution in [0.5, 0.6) is 0 Å². The quantitative estimate of drug-likeness (QED) is 0.668. The number of aliphatic carboxylic acids is 1.